The van der Waals surface area contributed by atoms with Gasteiger partial charge >= 0.3 is 0 Å². The van der Waals surface area contributed by atoms with E-state index in [0.717, 1.165) is 52.6 Å². The third-order valence-electron chi connectivity index (χ3n) is 6.28. The molecule has 1 aromatic heterocycles. The summed E-state index contributed by atoms with van der Waals surface area (Å²) >= 11 is 0. The van der Waals surface area contributed by atoms with Gasteiger partial charge in [-0.1, -0.05) is 6.92 Å². The highest BCUT2D eigenvalue weighted by Gasteiger charge is 2.35. The van der Waals surface area contributed by atoms with Crippen LogP contribution in [0.1, 0.15) is 62.4 Å². The molecule has 6 heteroatoms. The molecule has 0 saturated heterocycles. The first-order valence-electron chi connectivity index (χ1n) is 10.6. The molecule has 1 saturated carbocycles. The minimum Gasteiger partial charge on any atom is -0.381 e. The SMILES string of the molecule is CCOC[C@]1(C)CC[C@@H](c2c(CN(C)CCNC)nn3c2COCC3)CC1. The van der Waals surface area contributed by atoms with Crippen molar-refractivity contribution in [1.82, 2.24) is 20.0 Å². The average molecular weight is 379 g/mol. The van der Waals surface area contributed by atoms with E-state index in [2.05, 4.69) is 35.8 Å². The van der Waals surface area contributed by atoms with Gasteiger partial charge in [0, 0.05) is 31.8 Å². The zero-order valence-corrected chi connectivity index (χ0v) is 17.7. The number of ether oxygens (including phenoxy) is 2. The Bertz CT molecular complexity index is 593. The standard InChI is InChI=1S/C21H38N4O2/c1-5-26-16-21(2)8-6-17(7-9-21)20-18(14-24(4)11-10-22-3)23-25-12-13-27-15-19(20)25/h17,22H,5-16H2,1-4H3/t17-,21-. The molecule has 27 heavy (non-hydrogen) atoms. The normalized spacial score (nSPS) is 25.7. The van der Waals surface area contributed by atoms with Crippen molar-refractivity contribution in [2.24, 2.45) is 5.41 Å². The predicted octanol–water partition coefficient (Wildman–Crippen LogP) is 2.76. The minimum absolute atomic E-state index is 0.333. The molecule has 1 aromatic rings. The third kappa shape index (κ3) is 5.11. The maximum Gasteiger partial charge on any atom is 0.0888 e. The van der Waals surface area contributed by atoms with Gasteiger partial charge in [-0.15, -0.1) is 0 Å². The highest BCUT2D eigenvalue weighted by atomic mass is 16.5. The summed E-state index contributed by atoms with van der Waals surface area (Å²) in [6.45, 7) is 11.5. The van der Waals surface area contributed by atoms with E-state index in [1.165, 1.54) is 42.6 Å². The third-order valence-corrected chi connectivity index (χ3v) is 6.28. The fourth-order valence-electron chi connectivity index (χ4n) is 4.54. The lowest BCUT2D eigenvalue weighted by molar-refractivity contribution is 0.0335. The molecule has 1 aliphatic heterocycles. The number of nitrogens with zero attached hydrogens (tertiary/aromatic N) is 3. The molecule has 3 rings (SSSR count). The van der Waals surface area contributed by atoms with Crippen LogP contribution in [0.4, 0.5) is 0 Å². The van der Waals surface area contributed by atoms with Crippen molar-refractivity contribution in [3.05, 3.63) is 17.0 Å². The molecule has 0 spiro atoms. The summed E-state index contributed by atoms with van der Waals surface area (Å²) in [5, 5.41) is 8.25. The fraction of sp³-hybridized carbons (Fsp3) is 0.857. The van der Waals surface area contributed by atoms with E-state index in [4.69, 9.17) is 14.6 Å². The smallest absolute Gasteiger partial charge is 0.0888 e. The van der Waals surface area contributed by atoms with Crippen molar-refractivity contribution in [2.45, 2.75) is 65.1 Å². The molecule has 6 nitrogen and oxygen atoms in total. The summed E-state index contributed by atoms with van der Waals surface area (Å²) < 4.78 is 13.8. The van der Waals surface area contributed by atoms with Gasteiger partial charge in [0.15, 0.2) is 0 Å². The summed E-state index contributed by atoms with van der Waals surface area (Å²) in [6, 6.07) is 0. The van der Waals surface area contributed by atoms with Crippen LogP contribution < -0.4 is 5.32 Å². The molecule has 2 heterocycles. The number of hydrogen-bond donors (Lipinski definition) is 1. The number of rotatable bonds is 9. The lowest BCUT2D eigenvalue weighted by atomic mass is 9.70. The Kier molecular flexibility index (Phi) is 7.31. The van der Waals surface area contributed by atoms with Crippen LogP contribution in [0.2, 0.25) is 0 Å². The van der Waals surface area contributed by atoms with Gasteiger partial charge in [-0.2, -0.15) is 5.10 Å². The topological polar surface area (TPSA) is 51.5 Å². The molecule has 0 aromatic carbocycles. The predicted molar refractivity (Wildman–Crippen MR) is 108 cm³/mol. The summed E-state index contributed by atoms with van der Waals surface area (Å²) in [5.41, 5.74) is 4.42. The first-order valence-corrected chi connectivity index (χ1v) is 10.6. The molecule has 154 valence electrons. The molecule has 0 bridgehead atoms. The van der Waals surface area contributed by atoms with Crippen molar-refractivity contribution < 1.29 is 9.47 Å². The first-order chi connectivity index (χ1) is 13.1. The summed E-state index contributed by atoms with van der Waals surface area (Å²) in [7, 11) is 4.20. The maximum atomic E-state index is 5.80. The molecule has 2 aliphatic rings. The lowest BCUT2D eigenvalue weighted by Gasteiger charge is -2.37. The number of hydrogen-bond acceptors (Lipinski definition) is 5. The minimum atomic E-state index is 0.333. The summed E-state index contributed by atoms with van der Waals surface area (Å²) in [4.78, 5) is 2.37. The van der Waals surface area contributed by atoms with Gasteiger partial charge in [-0.05, 0) is 58.0 Å². The van der Waals surface area contributed by atoms with E-state index in [-0.39, 0.29) is 0 Å². The molecule has 0 unspecified atom stereocenters. The second kappa shape index (κ2) is 9.50. The summed E-state index contributed by atoms with van der Waals surface area (Å²) in [5.74, 6) is 0.609. The maximum absolute atomic E-state index is 5.80. The molecular formula is C21H38N4O2. The fourth-order valence-corrected chi connectivity index (χ4v) is 4.54. The van der Waals surface area contributed by atoms with Crippen LogP contribution in [-0.2, 0) is 29.2 Å². The van der Waals surface area contributed by atoms with Gasteiger partial charge in [0.05, 0.1) is 37.8 Å². The Hall–Kier alpha value is -0.950. The first kappa shape index (κ1) is 20.8. The number of nitrogens with one attached hydrogen (secondary N) is 1. The molecule has 1 N–H and O–H groups in total. The van der Waals surface area contributed by atoms with Gasteiger partial charge in [0.2, 0.25) is 0 Å². The zero-order valence-electron chi connectivity index (χ0n) is 17.7. The van der Waals surface area contributed by atoms with Crippen molar-refractivity contribution >= 4 is 0 Å². The van der Waals surface area contributed by atoms with Gasteiger partial charge in [0.25, 0.3) is 0 Å². The number of aromatic nitrogens is 2. The summed E-state index contributed by atoms with van der Waals surface area (Å²) in [6.07, 6.45) is 4.93. The van der Waals surface area contributed by atoms with Crippen molar-refractivity contribution in [3.63, 3.8) is 0 Å². The highest BCUT2D eigenvalue weighted by Crippen LogP contribution is 2.45. The van der Waals surface area contributed by atoms with Crippen LogP contribution in [0.5, 0.6) is 0 Å². The molecule has 1 fully saturated rings. The van der Waals surface area contributed by atoms with E-state index in [0.29, 0.717) is 11.3 Å². The largest absolute Gasteiger partial charge is 0.381 e. The Morgan fingerprint density at radius 3 is 2.85 bits per heavy atom. The van der Waals surface area contributed by atoms with E-state index in [1.54, 1.807) is 0 Å². The molecule has 1 aliphatic carbocycles. The van der Waals surface area contributed by atoms with Crippen LogP contribution in [0.15, 0.2) is 0 Å². The van der Waals surface area contributed by atoms with Gasteiger partial charge < -0.3 is 14.8 Å². The Morgan fingerprint density at radius 2 is 2.15 bits per heavy atom. The zero-order chi connectivity index (χ0) is 19.3. The van der Waals surface area contributed by atoms with E-state index >= 15 is 0 Å². The van der Waals surface area contributed by atoms with Crippen LogP contribution >= 0.6 is 0 Å². The van der Waals surface area contributed by atoms with Crippen LogP contribution in [0.25, 0.3) is 0 Å². The van der Waals surface area contributed by atoms with E-state index < -0.39 is 0 Å². The molecule has 0 amide bonds. The average Bonchev–Trinajstić information content (AvgIpc) is 3.03. The Morgan fingerprint density at radius 1 is 1.37 bits per heavy atom. The quantitative estimate of drug-likeness (QED) is 0.716. The lowest BCUT2D eigenvalue weighted by Crippen LogP contribution is -2.30. The second-order valence-electron chi connectivity index (χ2n) is 8.65. The molecule has 0 radical (unpaired) electrons. The van der Waals surface area contributed by atoms with Crippen molar-refractivity contribution in [3.8, 4) is 0 Å². The Balaban J connectivity index is 1.74. The second-order valence-corrected chi connectivity index (χ2v) is 8.65. The van der Waals surface area contributed by atoms with Crippen LogP contribution in [0, 0.1) is 5.41 Å². The van der Waals surface area contributed by atoms with Gasteiger partial charge in [-0.25, -0.2) is 0 Å². The number of likely N-dealkylation sites (N-methyl/N-ethyl adjacent to an activating group) is 2. The van der Waals surface area contributed by atoms with Gasteiger partial charge in [0.1, 0.15) is 0 Å². The Labute approximate surface area is 164 Å². The van der Waals surface area contributed by atoms with Crippen molar-refractivity contribution in [1.29, 1.82) is 0 Å². The number of fused-ring (bicyclic) bond motifs is 1. The highest BCUT2D eigenvalue weighted by molar-refractivity contribution is 5.31. The van der Waals surface area contributed by atoms with Crippen molar-refractivity contribution in [2.75, 3.05) is 47.0 Å². The van der Waals surface area contributed by atoms with Gasteiger partial charge in [-0.3, -0.25) is 9.58 Å². The van der Waals surface area contributed by atoms with Crippen LogP contribution in [-0.4, -0.2) is 61.7 Å². The monoisotopic (exact) mass is 378 g/mol. The van der Waals surface area contributed by atoms with E-state index in [9.17, 15) is 0 Å². The molecular weight excluding hydrogens is 340 g/mol. The van der Waals surface area contributed by atoms with E-state index in [1.807, 2.05) is 7.05 Å². The van der Waals surface area contributed by atoms with Crippen LogP contribution in [0.3, 0.4) is 0 Å². The molecule has 0 atom stereocenters.